The van der Waals surface area contributed by atoms with Gasteiger partial charge in [0, 0.05) is 28.9 Å². The molecule has 1 heterocycles. The molecule has 39 heavy (non-hydrogen) atoms. The molecule has 3 aromatic carbocycles. The lowest BCUT2D eigenvalue weighted by Crippen LogP contribution is -2.31. The number of aromatic nitrogens is 1. The van der Waals surface area contributed by atoms with Gasteiger partial charge in [0.15, 0.2) is 0 Å². The van der Waals surface area contributed by atoms with E-state index in [9.17, 15) is 19.4 Å². The zero-order chi connectivity index (χ0) is 27.4. The van der Waals surface area contributed by atoms with E-state index in [4.69, 9.17) is 4.98 Å². The Bertz CT molecular complexity index is 1470. The number of carbonyl (C=O) groups is 1. The molecule has 1 aliphatic carbocycles. The number of pyridine rings is 1. The highest BCUT2D eigenvalue weighted by Crippen LogP contribution is 2.45. The fourth-order valence-corrected chi connectivity index (χ4v) is 5.00. The van der Waals surface area contributed by atoms with Crippen molar-refractivity contribution in [3.8, 4) is 11.1 Å². The molecule has 5 rings (SSSR count). The number of halogens is 1. The molecule has 1 aliphatic rings. The quantitative estimate of drug-likeness (QED) is 0.227. The van der Waals surface area contributed by atoms with Gasteiger partial charge in [-0.15, -0.1) is 0 Å². The zero-order valence-electron chi connectivity index (χ0n) is 21.9. The van der Waals surface area contributed by atoms with Crippen molar-refractivity contribution in [1.29, 1.82) is 0 Å². The Morgan fingerprint density at radius 3 is 2.44 bits per heavy atom. The molecule has 3 atom stereocenters. The topological polar surface area (TPSA) is 82.5 Å². The molecule has 0 radical (unpaired) electrons. The predicted molar refractivity (Wildman–Crippen MR) is 152 cm³/mol. The Hall–Kier alpha value is -3.87. The van der Waals surface area contributed by atoms with Gasteiger partial charge in [-0.2, -0.15) is 0 Å². The summed E-state index contributed by atoms with van der Waals surface area (Å²) in [6, 6.07) is 23.8. The van der Waals surface area contributed by atoms with Crippen LogP contribution in [0.1, 0.15) is 61.4 Å². The van der Waals surface area contributed by atoms with Gasteiger partial charge in [-0.1, -0.05) is 72.8 Å². The second-order valence-electron chi connectivity index (χ2n) is 10.3. The number of nitrogens with one attached hydrogen (secondary N) is 1. The van der Waals surface area contributed by atoms with Crippen LogP contribution in [0, 0.1) is 5.82 Å². The fraction of sp³-hybridized carbons (Fsp3) is 0.273. The first-order valence-electron chi connectivity index (χ1n) is 13.5. The summed E-state index contributed by atoms with van der Waals surface area (Å²) in [7, 11) is 0. The number of benzene rings is 3. The highest BCUT2D eigenvalue weighted by molar-refractivity contribution is 5.99. The van der Waals surface area contributed by atoms with Crippen LogP contribution in [0.4, 0.5) is 4.39 Å². The van der Waals surface area contributed by atoms with E-state index < -0.39 is 12.2 Å². The summed E-state index contributed by atoms with van der Waals surface area (Å²) in [4.78, 5) is 17.4. The van der Waals surface area contributed by atoms with Gasteiger partial charge < -0.3 is 15.5 Å². The molecule has 5 nitrogen and oxygen atoms in total. The van der Waals surface area contributed by atoms with Crippen LogP contribution in [0.5, 0.6) is 0 Å². The number of fused-ring (bicyclic) bond motifs is 1. The number of aliphatic hydroxyl groups excluding tert-OH is 2. The molecule has 6 heteroatoms. The van der Waals surface area contributed by atoms with E-state index in [0.717, 1.165) is 51.7 Å². The maximum Gasteiger partial charge on any atom is 0.223 e. The van der Waals surface area contributed by atoms with Crippen molar-refractivity contribution in [2.24, 2.45) is 0 Å². The molecule has 4 aromatic rings. The van der Waals surface area contributed by atoms with Crippen LogP contribution in [-0.4, -0.2) is 33.3 Å². The Kier molecular flexibility index (Phi) is 8.15. The molecule has 1 fully saturated rings. The van der Waals surface area contributed by atoms with Crippen LogP contribution in [0.25, 0.3) is 28.1 Å². The normalized spacial score (nSPS) is 15.8. The summed E-state index contributed by atoms with van der Waals surface area (Å²) in [6.07, 6.45) is 3.57. The van der Waals surface area contributed by atoms with Crippen molar-refractivity contribution >= 4 is 22.9 Å². The summed E-state index contributed by atoms with van der Waals surface area (Å²) in [5.74, 6) is -0.238. The summed E-state index contributed by atoms with van der Waals surface area (Å²) in [5, 5.41) is 25.1. The molecule has 0 bridgehead atoms. The minimum atomic E-state index is -0.998. The lowest BCUT2D eigenvalue weighted by Gasteiger charge is -2.18. The lowest BCUT2D eigenvalue weighted by molar-refractivity contribution is -0.123. The van der Waals surface area contributed by atoms with Crippen LogP contribution in [0.2, 0.25) is 0 Å². The van der Waals surface area contributed by atoms with Gasteiger partial charge >= 0.3 is 0 Å². The average Bonchev–Trinajstić information content (AvgIpc) is 3.77. The van der Waals surface area contributed by atoms with E-state index in [2.05, 4.69) is 5.32 Å². The van der Waals surface area contributed by atoms with E-state index >= 15 is 0 Å². The number of aliphatic hydroxyl groups is 2. The van der Waals surface area contributed by atoms with Gasteiger partial charge in [-0.05, 0) is 49.1 Å². The van der Waals surface area contributed by atoms with E-state index in [1.807, 2.05) is 67.6 Å². The van der Waals surface area contributed by atoms with E-state index in [0.29, 0.717) is 5.92 Å². The van der Waals surface area contributed by atoms with E-state index in [1.165, 1.54) is 12.1 Å². The molecule has 0 spiro atoms. The molecular formula is C33H33FN2O3. The number of amides is 1. The first-order chi connectivity index (χ1) is 18.9. The SMILES string of the molecule is CC(NC(=O)CC(O)CC(O)C=Cc1c(C2CC2)nc2ccccc2c1-c1ccc(F)cc1)c1ccccc1. The number of hydrogen-bond donors (Lipinski definition) is 3. The number of nitrogens with zero attached hydrogens (tertiary/aromatic N) is 1. The Morgan fingerprint density at radius 1 is 1.03 bits per heavy atom. The Morgan fingerprint density at radius 2 is 1.72 bits per heavy atom. The van der Waals surface area contributed by atoms with Crippen LogP contribution in [0.15, 0.2) is 84.9 Å². The Balaban J connectivity index is 1.34. The van der Waals surface area contributed by atoms with Gasteiger partial charge in [0.25, 0.3) is 0 Å². The number of carbonyl (C=O) groups excluding carboxylic acids is 1. The molecule has 0 saturated heterocycles. The number of hydrogen-bond acceptors (Lipinski definition) is 4. The molecular weight excluding hydrogens is 491 g/mol. The van der Waals surface area contributed by atoms with Crippen molar-refractivity contribution in [2.45, 2.75) is 56.8 Å². The van der Waals surface area contributed by atoms with Crippen LogP contribution in [-0.2, 0) is 4.79 Å². The van der Waals surface area contributed by atoms with Crippen LogP contribution < -0.4 is 5.32 Å². The first kappa shape index (κ1) is 26.7. The maximum absolute atomic E-state index is 13.7. The maximum atomic E-state index is 13.7. The Labute approximate surface area is 228 Å². The number of rotatable bonds is 10. The molecule has 1 saturated carbocycles. The van der Waals surface area contributed by atoms with Crippen molar-refractivity contribution in [1.82, 2.24) is 10.3 Å². The third-order valence-corrected chi connectivity index (χ3v) is 7.15. The summed E-state index contributed by atoms with van der Waals surface area (Å²) < 4.78 is 13.7. The predicted octanol–water partition coefficient (Wildman–Crippen LogP) is 6.31. The molecule has 3 N–H and O–H groups in total. The van der Waals surface area contributed by atoms with Gasteiger partial charge in [0.1, 0.15) is 5.82 Å². The van der Waals surface area contributed by atoms with Crippen molar-refractivity contribution in [3.63, 3.8) is 0 Å². The van der Waals surface area contributed by atoms with E-state index in [1.54, 1.807) is 18.2 Å². The second kappa shape index (κ2) is 11.9. The lowest BCUT2D eigenvalue weighted by atomic mass is 9.92. The molecule has 1 amide bonds. The largest absolute Gasteiger partial charge is 0.392 e. The van der Waals surface area contributed by atoms with Crippen LogP contribution in [0.3, 0.4) is 0 Å². The van der Waals surface area contributed by atoms with Gasteiger partial charge in [-0.3, -0.25) is 9.78 Å². The number of para-hydroxylation sites is 1. The highest BCUT2D eigenvalue weighted by atomic mass is 19.1. The third-order valence-electron chi connectivity index (χ3n) is 7.15. The first-order valence-corrected chi connectivity index (χ1v) is 13.5. The second-order valence-corrected chi connectivity index (χ2v) is 10.3. The fourth-order valence-electron chi connectivity index (χ4n) is 5.00. The molecule has 200 valence electrons. The third kappa shape index (κ3) is 6.59. The van der Waals surface area contributed by atoms with Crippen molar-refractivity contribution in [2.75, 3.05) is 0 Å². The van der Waals surface area contributed by atoms with Crippen molar-refractivity contribution in [3.05, 3.63) is 108 Å². The smallest absolute Gasteiger partial charge is 0.223 e. The van der Waals surface area contributed by atoms with Crippen LogP contribution >= 0.6 is 0 Å². The van der Waals surface area contributed by atoms with Crippen molar-refractivity contribution < 1.29 is 19.4 Å². The summed E-state index contributed by atoms with van der Waals surface area (Å²) in [6.45, 7) is 1.89. The average molecular weight is 525 g/mol. The van der Waals surface area contributed by atoms with Gasteiger partial charge in [0.05, 0.1) is 35.9 Å². The summed E-state index contributed by atoms with van der Waals surface area (Å²) in [5.41, 5.74) is 5.53. The molecule has 0 aliphatic heterocycles. The zero-order valence-corrected chi connectivity index (χ0v) is 21.9. The van der Waals surface area contributed by atoms with Gasteiger partial charge in [-0.25, -0.2) is 4.39 Å². The standard InChI is InChI=1S/C33H33FN2O3/c1-21(22-7-3-2-4-8-22)35-31(39)20-27(38)19-26(37)17-18-29-32(23-13-15-25(34)16-14-23)28-9-5-6-10-30(28)36-33(29)24-11-12-24/h2-10,13-18,21,24,26-27,37-38H,11-12,19-20H2,1H3,(H,35,39). The molecule has 3 unspecified atom stereocenters. The summed E-state index contributed by atoms with van der Waals surface area (Å²) >= 11 is 0. The van der Waals surface area contributed by atoms with Gasteiger partial charge in [0.2, 0.25) is 5.91 Å². The highest BCUT2D eigenvalue weighted by Gasteiger charge is 2.29. The minimum Gasteiger partial charge on any atom is -0.392 e. The minimum absolute atomic E-state index is 0.0231. The monoisotopic (exact) mass is 524 g/mol. The van der Waals surface area contributed by atoms with E-state index in [-0.39, 0.29) is 30.6 Å². The molecule has 1 aromatic heterocycles.